The number of aliphatic carboxylic acids is 1. The maximum atomic E-state index is 15.1. The van der Waals surface area contributed by atoms with E-state index in [1.165, 1.54) is 15.3 Å². The van der Waals surface area contributed by atoms with E-state index in [4.69, 9.17) is 16.3 Å². The van der Waals surface area contributed by atoms with Crippen molar-refractivity contribution in [3.05, 3.63) is 126 Å². The number of alkyl halides is 3. The van der Waals surface area contributed by atoms with Crippen LogP contribution in [0.5, 0.6) is 0 Å². The van der Waals surface area contributed by atoms with Crippen LogP contribution in [0, 0.1) is 39.3 Å². The molecule has 1 saturated heterocycles. The molecule has 0 bridgehead atoms. The van der Waals surface area contributed by atoms with Crippen molar-refractivity contribution in [3.8, 4) is 11.1 Å². The van der Waals surface area contributed by atoms with Crippen LogP contribution in [0.25, 0.3) is 22.0 Å². The molecule has 302 valence electrons. The smallest absolute Gasteiger partial charge is 0.411 e. The molecule has 2 N–H and O–H groups in total. The predicted octanol–water partition coefficient (Wildman–Crippen LogP) is 6.34. The van der Waals surface area contributed by atoms with E-state index in [1.807, 2.05) is 26.0 Å². The molecule has 2 atom stereocenters. The van der Waals surface area contributed by atoms with E-state index in [0.717, 1.165) is 21.9 Å². The maximum Gasteiger partial charge on any atom is 0.411 e. The Morgan fingerprint density at radius 3 is 2.19 bits per heavy atom. The molecule has 2 aromatic carbocycles. The van der Waals surface area contributed by atoms with E-state index in [2.05, 4.69) is 10.3 Å². The fraction of sp³-hybridized carbons (Fsp3) is 0.325. The summed E-state index contributed by atoms with van der Waals surface area (Å²) in [5, 5.41) is 12.9. The van der Waals surface area contributed by atoms with Crippen molar-refractivity contribution in [1.29, 1.82) is 0 Å². The Balaban J connectivity index is 0.000000486. The number of anilines is 1. The topological polar surface area (TPSA) is 136 Å². The number of hydrogen-bond acceptors (Lipinski definition) is 7. The number of ether oxygens (including phenoxy) is 1. The van der Waals surface area contributed by atoms with Gasteiger partial charge in [0.2, 0.25) is 0 Å². The number of carbonyl (C=O) groups excluding carboxylic acids is 1. The number of aryl methyl sites for hydroxylation is 4. The first kappa shape index (κ1) is 42.5. The molecule has 0 spiro atoms. The SMILES string of the molecule is Cc1cc(C)n(C)c(=O)c1-c1ccc(C[C@H](NC(=O)c2c(F)cc(N3CCOC[C@@H]3C(F)(F)F)cc2F)C(=O)O)c2cccnc12.Cc1cc(C)n(C)c(=O)c1Cl. The molecule has 1 aliphatic heterocycles. The lowest BCUT2D eigenvalue weighted by atomic mass is 9.93. The number of benzene rings is 2. The molecule has 1 aliphatic rings. The summed E-state index contributed by atoms with van der Waals surface area (Å²) in [5.74, 6) is -5.83. The van der Waals surface area contributed by atoms with Gasteiger partial charge in [-0.1, -0.05) is 29.8 Å². The van der Waals surface area contributed by atoms with Gasteiger partial charge in [-0.15, -0.1) is 0 Å². The summed E-state index contributed by atoms with van der Waals surface area (Å²) in [6.45, 7) is 6.17. The van der Waals surface area contributed by atoms with Gasteiger partial charge in [-0.3, -0.25) is 19.4 Å². The number of fused-ring (bicyclic) bond motifs is 1. The van der Waals surface area contributed by atoms with Crippen molar-refractivity contribution < 1.29 is 41.4 Å². The van der Waals surface area contributed by atoms with Crippen LogP contribution in [-0.4, -0.2) is 69.1 Å². The molecule has 0 saturated carbocycles. The van der Waals surface area contributed by atoms with Gasteiger partial charge in [-0.25, -0.2) is 13.6 Å². The van der Waals surface area contributed by atoms with Crippen LogP contribution in [0.2, 0.25) is 5.02 Å². The van der Waals surface area contributed by atoms with Gasteiger partial charge >= 0.3 is 12.1 Å². The maximum absolute atomic E-state index is 15.1. The first-order valence-corrected chi connectivity index (χ1v) is 17.9. The zero-order valence-corrected chi connectivity index (χ0v) is 32.5. The van der Waals surface area contributed by atoms with Crippen LogP contribution in [0.15, 0.2) is 64.3 Å². The van der Waals surface area contributed by atoms with Crippen LogP contribution in [-0.2, 0) is 30.0 Å². The highest BCUT2D eigenvalue weighted by atomic mass is 35.5. The highest BCUT2D eigenvalue weighted by Gasteiger charge is 2.46. The number of pyridine rings is 3. The molecular weight excluding hydrogens is 777 g/mol. The van der Waals surface area contributed by atoms with Gasteiger partial charge in [-0.2, -0.15) is 13.2 Å². The summed E-state index contributed by atoms with van der Waals surface area (Å²) in [7, 11) is 3.36. The molecule has 1 fully saturated rings. The van der Waals surface area contributed by atoms with Gasteiger partial charge in [-0.05, 0) is 74.7 Å². The number of amides is 1. The third-order valence-electron chi connectivity index (χ3n) is 9.91. The highest BCUT2D eigenvalue weighted by Crippen LogP contribution is 2.33. The first-order chi connectivity index (χ1) is 26.7. The summed E-state index contributed by atoms with van der Waals surface area (Å²) in [6, 6.07) is 7.66. The summed E-state index contributed by atoms with van der Waals surface area (Å²) in [5.41, 5.74) is 3.06. The minimum absolute atomic E-state index is 0.106. The summed E-state index contributed by atoms with van der Waals surface area (Å²) in [4.78, 5) is 54.9. The second-order valence-corrected chi connectivity index (χ2v) is 14.1. The summed E-state index contributed by atoms with van der Waals surface area (Å²) in [6.07, 6.45) is -3.55. The zero-order chi connectivity index (χ0) is 42.1. The lowest BCUT2D eigenvalue weighted by Gasteiger charge is -2.38. The molecule has 4 heterocycles. The van der Waals surface area contributed by atoms with Gasteiger partial charge in [0.15, 0.2) is 0 Å². The lowest BCUT2D eigenvalue weighted by molar-refractivity contribution is -0.167. The molecule has 6 rings (SSSR count). The Kier molecular flexibility index (Phi) is 12.6. The second-order valence-electron chi connectivity index (χ2n) is 13.7. The number of nitrogens with zero attached hydrogens (tertiary/aromatic N) is 4. The second kappa shape index (κ2) is 16.9. The van der Waals surface area contributed by atoms with Crippen LogP contribution in [0.3, 0.4) is 0 Å². The number of morpholine rings is 1. The Morgan fingerprint density at radius 1 is 0.965 bits per heavy atom. The standard InChI is InChI=1S/C32H29F5N4O5.C8H10ClNO/c1-16-11-17(2)40(3)30(43)26(16)21-7-6-18(20-5-4-8-38-28(20)21)12-24(31(44)45)39-29(42)27-22(33)13-19(14-23(27)34)41-9-10-46-15-25(41)32(35,36)37;1-5-4-6(2)10(3)8(11)7(5)9/h4-8,11,13-14,24-25H,9-10,12,15H2,1-3H3,(H,39,42)(H,44,45);4H,1-3H3/t24-,25+;/m0./s1. The Bertz CT molecular complexity index is 2450. The zero-order valence-electron chi connectivity index (χ0n) is 31.7. The van der Waals surface area contributed by atoms with E-state index in [1.54, 1.807) is 52.2 Å². The monoisotopic (exact) mass is 815 g/mol. The molecule has 57 heavy (non-hydrogen) atoms. The normalized spacial score (nSPS) is 14.9. The van der Waals surface area contributed by atoms with Gasteiger partial charge in [0, 0.05) is 61.3 Å². The minimum atomic E-state index is -4.75. The quantitative estimate of drug-likeness (QED) is 0.182. The predicted molar refractivity (Wildman–Crippen MR) is 205 cm³/mol. The number of carboxylic acid groups (broad SMARTS) is 1. The molecule has 0 radical (unpaired) electrons. The van der Waals surface area contributed by atoms with Crippen molar-refractivity contribution in [2.24, 2.45) is 14.1 Å². The number of halogens is 6. The molecule has 3 aromatic heterocycles. The van der Waals surface area contributed by atoms with Crippen molar-refractivity contribution in [3.63, 3.8) is 0 Å². The first-order valence-electron chi connectivity index (χ1n) is 17.5. The van der Waals surface area contributed by atoms with E-state index >= 15 is 8.78 Å². The van der Waals surface area contributed by atoms with Crippen LogP contribution >= 0.6 is 11.6 Å². The number of nitrogens with one attached hydrogen (secondary N) is 1. The van der Waals surface area contributed by atoms with Gasteiger partial charge < -0.3 is 29.2 Å². The lowest BCUT2D eigenvalue weighted by Crippen LogP contribution is -2.53. The average Bonchev–Trinajstić information content (AvgIpc) is 3.15. The fourth-order valence-corrected chi connectivity index (χ4v) is 6.83. The van der Waals surface area contributed by atoms with E-state index in [9.17, 15) is 37.5 Å². The summed E-state index contributed by atoms with van der Waals surface area (Å²) >= 11 is 5.72. The Morgan fingerprint density at radius 2 is 1.58 bits per heavy atom. The number of aromatic nitrogens is 3. The van der Waals surface area contributed by atoms with E-state index in [-0.39, 0.29) is 30.7 Å². The van der Waals surface area contributed by atoms with Gasteiger partial charge in [0.25, 0.3) is 17.0 Å². The van der Waals surface area contributed by atoms with E-state index < -0.39 is 59.6 Å². The molecular formula is C40H39ClF5N5O6. The van der Waals surface area contributed by atoms with Gasteiger partial charge in [0.05, 0.1) is 24.3 Å². The van der Waals surface area contributed by atoms with E-state index in [0.29, 0.717) is 50.3 Å². The van der Waals surface area contributed by atoms with Crippen LogP contribution in [0.4, 0.5) is 27.6 Å². The third kappa shape index (κ3) is 8.86. The largest absolute Gasteiger partial charge is 0.480 e. The minimum Gasteiger partial charge on any atom is -0.480 e. The fourth-order valence-electron chi connectivity index (χ4n) is 6.64. The Labute approximate surface area is 328 Å². The molecule has 17 heteroatoms. The molecule has 0 unspecified atom stereocenters. The number of rotatable bonds is 7. The number of carbonyl (C=O) groups is 2. The number of carboxylic acids is 1. The van der Waals surface area contributed by atoms with Crippen LogP contribution in [0.1, 0.15) is 38.4 Å². The molecule has 0 aliphatic carbocycles. The van der Waals surface area contributed by atoms with Crippen molar-refractivity contribution >= 4 is 40.1 Å². The van der Waals surface area contributed by atoms with Crippen LogP contribution < -0.4 is 21.3 Å². The Hall–Kier alpha value is -5.61. The highest BCUT2D eigenvalue weighted by molar-refractivity contribution is 6.31. The molecule has 1 amide bonds. The van der Waals surface area contributed by atoms with Gasteiger partial charge in [0.1, 0.15) is 34.3 Å². The van der Waals surface area contributed by atoms with Crippen molar-refractivity contribution in [2.75, 3.05) is 24.7 Å². The molecule has 11 nitrogen and oxygen atoms in total. The third-order valence-corrected chi connectivity index (χ3v) is 10.4. The molecule has 5 aromatic rings. The van der Waals surface area contributed by atoms with Crippen molar-refractivity contribution in [2.45, 2.75) is 52.4 Å². The number of hydrogen-bond donors (Lipinski definition) is 2. The summed E-state index contributed by atoms with van der Waals surface area (Å²) < 4.78 is 78.7. The average molecular weight is 816 g/mol. The van der Waals surface area contributed by atoms with Crippen molar-refractivity contribution in [1.82, 2.24) is 19.4 Å².